The van der Waals surface area contributed by atoms with Crippen molar-refractivity contribution >= 4 is 5.96 Å². The van der Waals surface area contributed by atoms with Gasteiger partial charge >= 0.3 is 0 Å². The fourth-order valence-corrected chi connectivity index (χ4v) is 2.96. The molecule has 0 aromatic rings. The number of nitrogens with one attached hydrogen (secondary N) is 2. The third-order valence-electron chi connectivity index (χ3n) is 4.26. The lowest BCUT2D eigenvalue weighted by Gasteiger charge is -2.30. The van der Waals surface area contributed by atoms with Gasteiger partial charge in [0.25, 0.3) is 0 Å². The summed E-state index contributed by atoms with van der Waals surface area (Å²) >= 11 is 0. The van der Waals surface area contributed by atoms with Gasteiger partial charge < -0.3 is 15.4 Å². The summed E-state index contributed by atoms with van der Waals surface area (Å²) in [6, 6.07) is 1.20. The van der Waals surface area contributed by atoms with Crippen LogP contribution in [0.3, 0.4) is 0 Å². The van der Waals surface area contributed by atoms with Gasteiger partial charge in [-0.25, -0.2) is 0 Å². The molecule has 136 valence electrons. The molecule has 0 spiro atoms. The number of rotatable bonds is 9. The molecule has 1 fully saturated rings. The molecule has 1 aliphatic rings. The van der Waals surface area contributed by atoms with Crippen LogP contribution in [0.15, 0.2) is 4.99 Å². The molecule has 0 aromatic heterocycles. The van der Waals surface area contributed by atoms with E-state index in [1.807, 2.05) is 7.05 Å². The summed E-state index contributed by atoms with van der Waals surface area (Å²) in [5.74, 6) is 0.902. The van der Waals surface area contributed by atoms with E-state index < -0.39 is 0 Å². The summed E-state index contributed by atoms with van der Waals surface area (Å²) in [6.45, 7) is 16.9. The van der Waals surface area contributed by atoms with Crippen molar-refractivity contribution in [3.8, 4) is 0 Å². The summed E-state index contributed by atoms with van der Waals surface area (Å²) in [5.41, 5.74) is 0. The fourth-order valence-electron chi connectivity index (χ4n) is 2.96. The first-order valence-electron chi connectivity index (χ1n) is 9.05. The highest BCUT2D eigenvalue weighted by Crippen LogP contribution is 2.05. The number of nitrogens with zero attached hydrogens (tertiary/aromatic N) is 3. The van der Waals surface area contributed by atoms with E-state index in [1.165, 1.54) is 0 Å². The van der Waals surface area contributed by atoms with Gasteiger partial charge in [0.05, 0.1) is 13.2 Å². The van der Waals surface area contributed by atoms with Crippen LogP contribution in [0, 0.1) is 0 Å². The van der Waals surface area contributed by atoms with E-state index in [-0.39, 0.29) is 0 Å². The Morgan fingerprint density at radius 1 is 1.09 bits per heavy atom. The predicted molar refractivity (Wildman–Crippen MR) is 98.2 cm³/mol. The molecule has 0 amide bonds. The quantitative estimate of drug-likeness (QED) is 0.376. The Morgan fingerprint density at radius 3 is 2.26 bits per heavy atom. The van der Waals surface area contributed by atoms with E-state index >= 15 is 0 Å². The molecule has 2 N–H and O–H groups in total. The summed E-state index contributed by atoms with van der Waals surface area (Å²) in [4.78, 5) is 9.24. The van der Waals surface area contributed by atoms with Crippen LogP contribution in [0.2, 0.25) is 0 Å². The summed E-state index contributed by atoms with van der Waals surface area (Å²) in [6.07, 6.45) is 1.13. The molecule has 6 nitrogen and oxygen atoms in total. The zero-order valence-corrected chi connectivity index (χ0v) is 15.8. The van der Waals surface area contributed by atoms with Gasteiger partial charge in [-0.3, -0.25) is 14.8 Å². The maximum absolute atomic E-state index is 5.36. The Labute approximate surface area is 142 Å². The van der Waals surface area contributed by atoms with Crippen LogP contribution in [-0.2, 0) is 4.74 Å². The van der Waals surface area contributed by atoms with Crippen molar-refractivity contribution in [2.45, 2.75) is 46.2 Å². The molecule has 0 radical (unpaired) electrons. The maximum Gasteiger partial charge on any atom is 0.191 e. The Hall–Kier alpha value is -0.850. The predicted octanol–water partition coefficient (Wildman–Crippen LogP) is 0.993. The van der Waals surface area contributed by atoms with E-state index in [1.54, 1.807) is 0 Å². The zero-order valence-electron chi connectivity index (χ0n) is 15.8. The molecule has 6 heteroatoms. The molecule has 0 aliphatic carbocycles. The van der Waals surface area contributed by atoms with E-state index in [9.17, 15) is 0 Å². The monoisotopic (exact) mass is 327 g/mol. The highest BCUT2D eigenvalue weighted by Gasteiger charge is 2.12. The van der Waals surface area contributed by atoms with Gasteiger partial charge in [-0.2, -0.15) is 0 Å². The van der Waals surface area contributed by atoms with Crippen molar-refractivity contribution in [1.82, 2.24) is 20.4 Å². The van der Waals surface area contributed by atoms with E-state index in [4.69, 9.17) is 4.74 Å². The number of aliphatic imine (C=N–C) groups is 1. The smallest absolute Gasteiger partial charge is 0.191 e. The Kier molecular flexibility index (Phi) is 10.2. The maximum atomic E-state index is 5.36. The highest BCUT2D eigenvalue weighted by atomic mass is 16.5. The Bertz CT molecular complexity index is 319. The molecule has 0 aromatic carbocycles. The second-order valence-electron chi connectivity index (χ2n) is 6.66. The lowest BCUT2D eigenvalue weighted by atomic mass is 10.2. The minimum absolute atomic E-state index is 0.598. The highest BCUT2D eigenvalue weighted by molar-refractivity contribution is 5.79. The van der Waals surface area contributed by atoms with Crippen molar-refractivity contribution in [3.05, 3.63) is 0 Å². The van der Waals surface area contributed by atoms with Crippen LogP contribution in [0.1, 0.15) is 34.1 Å². The van der Waals surface area contributed by atoms with E-state index in [0.717, 1.165) is 64.9 Å². The second-order valence-corrected chi connectivity index (χ2v) is 6.66. The van der Waals surface area contributed by atoms with Crippen molar-refractivity contribution < 1.29 is 4.74 Å². The topological polar surface area (TPSA) is 52.1 Å². The van der Waals surface area contributed by atoms with Crippen LogP contribution in [-0.4, -0.2) is 87.4 Å². The molecule has 1 rings (SSSR count). The first-order valence-corrected chi connectivity index (χ1v) is 9.05. The average Bonchev–Trinajstić information content (AvgIpc) is 2.53. The van der Waals surface area contributed by atoms with Crippen molar-refractivity contribution in [2.75, 3.05) is 59.5 Å². The first kappa shape index (κ1) is 20.2. The van der Waals surface area contributed by atoms with Crippen LogP contribution < -0.4 is 10.6 Å². The lowest BCUT2D eigenvalue weighted by Crippen LogP contribution is -2.45. The molecular formula is C17H37N5O. The Balaban J connectivity index is 2.13. The van der Waals surface area contributed by atoms with Crippen LogP contribution in [0.4, 0.5) is 0 Å². The SMILES string of the molecule is CN=C(NCCCN(C(C)C)C(C)C)NCCN1CCOCC1. The number of hydrogen-bond donors (Lipinski definition) is 2. The second kappa shape index (κ2) is 11.6. The normalized spacial score (nSPS) is 17.3. The van der Waals surface area contributed by atoms with Gasteiger partial charge in [-0.05, 0) is 34.1 Å². The van der Waals surface area contributed by atoms with Crippen molar-refractivity contribution in [2.24, 2.45) is 4.99 Å². The number of morpholine rings is 1. The Morgan fingerprint density at radius 2 is 1.70 bits per heavy atom. The standard InChI is InChI=1S/C17H37N5O/c1-15(2)22(16(3)4)9-6-7-19-17(18-5)20-8-10-21-11-13-23-14-12-21/h15-16H,6-14H2,1-5H3,(H2,18,19,20). The number of hydrogen-bond acceptors (Lipinski definition) is 4. The molecule has 1 aliphatic heterocycles. The zero-order chi connectivity index (χ0) is 17.1. The molecule has 1 saturated heterocycles. The number of ether oxygens (including phenoxy) is 1. The van der Waals surface area contributed by atoms with Crippen LogP contribution >= 0.6 is 0 Å². The number of guanidine groups is 1. The molecule has 23 heavy (non-hydrogen) atoms. The van der Waals surface area contributed by atoms with Crippen molar-refractivity contribution in [1.29, 1.82) is 0 Å². The van der Waals surface area contributed by atoms with Gasteiger partial charge in [0.2, 0.25) is 0 Å². The van der Waals surface area contributed by atoms with Gasteiger partial charge in [-0.1, -0.05) is 0 Å². The summed E-state index contributed by atoms with van der Waals surface area (Å²) in [7, 11) is 1.83. The minimum atomic E-state index is 0.598. The largest absolute Gasteiger partial charge is 0.379 e. The van der Waals surface area contributed by atoms with Crippen LogP contribution in [0.25, 0.3) is 0 Å². The van der Waals surface area contributed by atoms with Crippen molar-refractivity contribution in [3.63, 3.8) is 0 Å². The van der Waals surface area contributed by atoms with Gasteiger partial charge in [0, 0.05) is 58.4 Å². The molecule has 0 bridgehead atoms. The molecule has 0 atom stereocenters. The van der Waals surface area contributed by atoms with E-state index in [2.05, 4.69) is 53.1 Å². The fraction of sp³-hybridized carbons (Fsp3) is 0.941. The summed E-state index contributed by atoms with van der Waals surface area (Å²) < 4.78 is 5.36. The van der Waals surface area contributed by atoms with Gasteiger partial charge in [0.1, 0.15) is 0 Å². The van der Waals surface area contributed by atoms with E-state index in [0.29, 0.717) is 12.1 Å². The van der Waals surface area contributed by atoms with Crippen LogP contribution in [0.5, 0.6) is 0 Å². The summed E-state index contributed by atoms with van der Waals surface area (Å²) in [5, 5.41) is 6.80. The third-order valence-corrected chi connectivity index (χ3v) is 4.26. The lowest BCUT2D eigenvalue weighted by molar-refractivity contribution is 0.0389. The van der Waals surface area contributed by atoms with Gasteiger partial charge in [-0.15, -0.1) is 0 Å². The average molecular weight is 328 g/mol. The molecule has 1 heterocycles. The molecule has 0 unspecified atom stereocenters. The molecular weight excluding hydrogens is 290 g/mol. The van der Waals surface area contributed by atoms with Gasteiger partial charge in [0.15, 0.2) is 5.96 Å². The minimum Gasteiger partial charge on any atom is -0.379 e. The third kappa shape index (κ3) is 8.53. The molecule has 0 saturated carbocycles. The first-order chi connectivity index (χ1) is 11.0.